The molecule has 6 N–H and O–H groups in total. The number of allylic oxidation sites excluding steroid dienone is 8. The van der Waals surface area contributed by atoms with Crippen molar-refractivity contribution < 1.29 is 85.1 Å². The molecule has 4 aliphatic rings. The number of carboxylic acid groups (broad SMARTS) is 4. The second-order valence-electron chi connectivity index (χ2n) is 23.5. The lowest BCUT2D eigenvalue weighted by Gasteiger charge is -2.32. The summed E-state index contributed by atoms with van der Waals surface area (Å²) in [5.74, 6) is -4.05. The SMILES string of the molecule is CC1(C)C(/C=C/C2=C(Cl)C(=C/C=C3Cc4ccccc4N3CCCCCC(=O)NCCOCCOCCOCCOCCNC(=O)CN3CCN(CC(=O)O)CCN(CC(=O)O)CCN(CC(=O)O)CC3)/CCC2)=[N+](CCCCCC(=O)O)c2ccccc21.[Cl-]. The molecule has 0 unspecified atom stereocenters. The summed E-state index contributed by atoms with van der Waals surface area (Å²) in [5, 5.41) is 44.0. The molecule has 3 aliphatic heterocycles. The molecule has 0 aromatic heterocycles. The van der Waals surface area contributed by atoms with Crippen molar-refractivity contribution >= 4 is 64.4 Å². The van der Waals surface area contributed by atoms with Crippen LogP contribution in [0.4, 0.5) is 11.4 Å². The minimum absolute atomic E-state index is 0. The number of carbonyl (C=O) groups excluding carboxylic acids is 2. The van der Waals surface area contributed by atoms with Crippen LogP contribution in [0.2, 0.25) is 0 Å². The van der Waals surface area contributed by atoms with Crippen molar-refractivity contribution in [1.29, 1.82) is 0 Å². The van der Waals surface area contributed by atoms with Gasteiger partial charge in [0.1, 0.15) is 6.54 Å². The molecule has 2 amide bonds. The highest BCUT2D eigenvalue weighted by Gasteiger charge is 2.44. The Kier molecular flexibility index (Phi) is 33.8. The normalized spacial score (nSPS) is 17.9. The van der Waals surface area contributed by atoms with Gasteiger partial charge in [0.05, 0.1) is 84.4 Å². The summed E-state index contributed by atoms with van der Waals surface area (Å²) in [6, 6.07) is 17.2. The highest BCUT2D eigenvalue weighted by molar-refractivity contribution is 6.32. The molecule has 24 heteroatoms. The van der Waals surface area contributed by atoms with Gasteiger partial charge in [-0.2, -0.15) is 4.58 Å². The predicted molar refractivity (Wildman–Crippen MR) is 341 cm³/mol. The van der Waals surface area contributed by atoms with E-state index in [1.165, 1.54) is 33.9 Å². The van der Waals surface area contributed by atoms with Crippen LogP contribution in [0.1, 0.15) is 95.6 Å². The van der Waals surface area contributed by atoms with Crippen LogP contribution >= 0.6 is 11.6 Å². The first-order chi connectivity index (χ1) is 43.0. The van der Waals surface area contributed by atoms with Crippen LogP contribution in [0.5, 0.6) is 0 Å². The number of carbonyl (C=O) groups is 6. The van der Waals surface area contributed by atoms with Crippen LogP contribution in [-0.4, -0.2) is 244 Å². The number of halogens is 2. The molecule has 1 fully saturated rings. The Balaban J connectivity index is 0.0000147. The van der Waals surface area contributed by atoms with Gasteiger partial charge in [-0.05, 0) is 87.6 Å². The molecule has 90 heavy (non-hydrogen) atoms. The van der Waals surface area contributed by atoms with Gasteiger partial charge >= 0.3 is 23.9 Å². The van der Waals surface area contributed by atoms with Crippen LogP contribution in [-0.2, 0) is 59.6 Å². The predicted octanol–water partition coefficient (Wildman–Crippen LogP) is 3.15. The molecule has 1 saturated heterocycles. The number of para-hydroxylation sites is 2. The molecule has 2 aromatic rings. The van der Waals surface area contributed by atoms with Crippen molar-refractivity contribution in [1.82, 2.24) is 30.2 Å². The molecule has 22 nitrogen and oxygen atoms in total. The van der Waals surface area contributed by atoms with E-state index in [2.05, 4.69) is 107 Å². The van der Waals surface area contributed by atoms with Crippen molar-refractivity contribution in [2.24, 2.45) is 0 Å². The van der Waals surface area contributed by atoms with Crippen LogP contribution in [0.3, 0.4) is 0 Å². The van der Waals surface area contributed by atoms with E-state index in [-0.39, 0.29) is 75.4 Å². The summed E-state index contributed by atoms with van der Waals surface area (Å²) in [7, 11) is 0. The highest BCUT2D eigenvalue weighted by atomic mass is 35.5. The van der Waals surface area contributed by atoms with Gasteiger partial charge in [-0.25, -0.2) is 0 Å². The fourth-order valence-electron chi connectivity index (χ4n) is 11.6. The summed E-state index contributed by atoms with van der Waals surface area (Å²) in [6.45, 7) is 11.5. The van der Waals surface area contributed by atoms with E-state index in [0.717, 1.165) is 87.1 Å². The molecule has 6 rings (SSSR count). The van der Waals surface area contributed by atoms with E-state index in [4.69, 9.17) is 35.7 Å². The Morgan fingerprint density at radius 3 is 1.67 bits per heavy atom. The number of hydrogen-bond acceptors (Lipinski definition) is 15. The van der Waals surface area contributed by atoms with E-state index in [0.29, 0.717) is 118 Å². The van der Waals surface area contributed by atoms with Gasteiger partial charge in [0.2, 0.25) is 17.5 Å². The second kappa shape index (κ2) is 40.7. The number of fused-ring (bicyclic) bond motifs is 2. The van der Waals surface area contributed by atoms with Gasteiger partial charge in [0, 0.05) is 132 Å². The average Bonchev–Trinajstić information content (AvgIpc) is 1.62. The minimum atomic E-state index is -1.02. The number of hydrogen-bond donors (Lipinski definition) is 6. The third kappa shape index (κ3) is 26.3. The molecule has 1 aliphatic carbocycles. The Bertz CT molecular complexity index is 2780. The first kappa shape index (κ1) is 74.7. The first-order valence-electron chi connectivity index (χ1n) is 31.7. The molecule has 0 spiro atoms. The zero-order valence-corrected chi connectivity index (χ0v) is 54.2. The summed E-state index contributed by atoms with van der Waals surface area (Å²) in [6.07, 6.45) is 18.4. The molecule has 0 radical (unpaired) electrons. The Morgan fingerprint density at radius 1 is 0.578 bits per heavy atom. The van der Waals surface area contributed by atoms with Crippen molar-refractivity contribution in [3.8, 4) is 0 Å². The van der Waals surface area contributed by atoms with Crippen molar-refractivity contribution in [3.05, 3.63) is 106 Å². The third-order valence-corrected chi connectivity index (χ3v) is 16.8. The monoisotopic (exact) mass is 1290 g/mol. The number of aliphatic carboxylic acids is 4. The standard InChI is InChI=1S/C66H95ClN8O14.ClH/c1-66(2)55-17-8-10-19-57(55)75(29-12-4-6-21-61(78)79)58(66)25-23-52-16-13-15-51(65(52)67)22-24-54-46-53-14-7-9-18-56(53)74(54)28-11-3-5-20-59(76)68-26-38-86-40-42-88-44-45-89-43-41-87-39-27-69-60(77)47-70-30-32-71(48-62(80)81)34-36-73(50-64(84)85)37-35-72(33-31-70)49-63(82)83;/h7-10,14,17-19,22-25H,3-6,11-13,15-16,20-21,26-50H2,1-2H3,(H5-,68,69,76,77,78,79,80,81,82,83,84,85);1H. The highest BCUT2D eigenvalue weighted by Crippen LogP contribution is 2.41. The number of amides is 2. The molecular weight excluding hydrogens is 1200 g/mol. The van der Waals surface area contributed by atoms with Gasteiger partial charge < -0.3 is 67.3 Å². The Hall–Kier alpha value is -6.05. The van der Waals surface area contributed by atoms with Gasteiger partial charge in [-0.15, -0.1) is 0 Å². The van der Waals surface area contributed by atoms with Gasteiger partial charge in [0.15, 0.2) is 5.71 Å². The summed E-state index contributed by atoms with van der Waals surface area (Å²) < 4.78 is 24.8. The second-order valence-corrected chi connectivity index (χ2v) is 23.8. The summed E-state index contributed by atoms with van der Waals surface area (Å²) in [4.78, 5) is 80.6. The molecule has 2 aromatic carbocycles. The number of ether oxygens (including phenoxy) is 4. The molecule has 3 heterocycles. The van der Waals surface area contributed by atoms with Crippen molar-refractivity contribution in [2.45, 2.75) is 96.3 Å². The lowest BCUT2D eigenvalue weighted by Crippen LogP contribution is -3.00. The number of nitrogens with one attached hydrogen (secondary N) is 2. The molecule has 498 valence electrons. The number of benzene rings is 2. The van der Waals surface area contributed by atoms with Crippen molar-refractivity contribution in [2.75, 3.05) is 162 Å². The van der Waals surface area contributed by atoms with Gasteiger partial charge in [0.25, 0.3) is 0 Å². The van der Waals surface area contributed by atoms with Crippen molar-refractivity contribution in [3.63, 3.8) is 0 Å². The maximum atomic E-state index is 12.9. The molecule has 0 atom stereocenters. The van der Waals surface area contributed by atoms with Crippen LogP contribution in [0.15, 0.2) is 94.7 Å². The van der Waals surface area contributed by atoms with E-state index in [9.17, 15) is 44.1 Å². The number of rotatable bonds is 38. The fourth-order valence-corrected chi connectivity index (χ4v) is 11.9. The van der Waals surface area contributed by atoms with E-state index >= 15 is 0 Å². The molecular formula is C66H96Cl2N8O14. The Morgan fingerprint density at radius 2 is 1.09 bits per heavy atom. The zero-order valence-electron chi connectivity index (χ0n) is 52.7. The average molecular weight is 1300 g/mol. The summed E-state index contributed by atoms with van der Waals surface area (Å²) >= 11 is 7.25. The smallest absolute Gasteiger partial charge is 0.317 e. The lowest BCUT2D eigenvalue weighted by atomic mass is 9.81. The number of anilines is 1. The topological polar surface area (TPSA) is 264 Å². The zero-order chi connectivity index (χ0) is 63.8. The minimum Gasteiger partial charge on any atom is -1.00 e. The summed E-state index contributed by atoms with van der Waals surface area (Å²) in [5.41, 5.74) is 9.59. The van der Waals surface area contributed by atoms with Crippen LogP contribution < -0.4 is 27.9 Å². The maximum absolute atomic E-state index is 12.9. The largest absolute Gasteiger partial charge is 1.00 e. The van der Waals surface area contributed by atoms with E-state index in [1.807, 2.05) is 4.90 Å². The van der Waals surface area contributed by atoms with Gasteiger partial charge in [-0.3, -0.25) is 48.4 Å². The molecule has 0 bridgehead atoms. The lowest BCUT2D eigenvalue weighted by molar-refractivity contribution is -0.438. The fraction of sp³-hybridized carbons (Fsp3) is 0.591. The number of carboxylic acids is 4. The van der Waals surface area contributed by atoms with Gasteiger partial charge in [-0.1, -0.05) is 66.6 Å². The van der Waals surface area contributed by atoms with Crippen LogP contribution in [0, 0.1) is 0 Å². The van der Waals surface area contributed by atoms with Crippen LogP contribution in [0.25, 0.3) is 0 Å². The van der Waals surface area contributed by atoms with E-state index < -0.39 is 23.9 Å². The number of nitrogens with zero attached hydrogens (tertiary/aromatic N) is 6. The van der Waals surface area contributed by atoms with E-state index in [1.54, 1.807) is 14.7 Å². The Labute approximate surface area is 541 Å². The maximum Gasteiger partial charge on any atom is 0.317 e. The first-order valence-corrected chi connectivity index (χ1v) is 32.0. The number of unbranched alkanes of at least 4 members (excludes halogenated alkanes) is 4. The quantitative estimate of drug-likeness (QED) is 0.0417. The third-order valence-electron chi connectivity index (χ3n) is 16.4. The molecule has 0 saturated carbocycles.